The molecule has 10 nitrogen and oxygen atoms in total. The fourth-order valence-corrected chi connectivity index (χ4v) is 3.37. The van der Waals surface area contributed by atoms with Gasteiger partial charge in [-0.05, 0) is 29.9 Å². The molecule has 11 heteroatoms. The van der Waals surface area contributed by atoms with Crippen LogP contribution in [0.15, 0.2) is 60.7 Å². The van der Waals surface area contributed by atoms with Gasteiger partial charge in [0.25, 0.3) is 0 Å². The van der Waals surface area contributed by atoms with Crippen molar-refractivity contribution in [3.63, 3.8) is 0 Å². The minimum Gasteiger partial charge on any atom is -1.00 e. The van der Waals surface area contributed by atoms with Crippen LogP contribution in [0.5, 0.6) is 0 Å². The minimum atomic E-state index is -0.962. The molecule has 1 unspecified atom stereocenters. The van der Waals surface area contributed by atoms with Crippen LogP contribution in [0.1, 0.15) is 47.2 Å². The van der Waals surface area contributed by atoms with Gasteiger partial charge in [-0.25, -0.2) is 19.2 Å². The molecule has 0 saturated carbocycles. The van der Waals surface area contributed by atoms with Gasteiger partial charge in [-0.3, -0.25) is 0 Å². The molecule has 214 valence electrons. The molecule has 0 aliphatic heterocycles. The maximum Gasteiger partial charge on any atom is 1.00 e. The predicted octanol–water partition coefficient (Wildman–Crippen LogP) is 1.48. The summed E-state index contributed by atoms with van der Waals surface area (Å²) in [6.45, 7) is 8.45. The Balaban J connectivity index is 0.00000800. The summed E-state index contributed by atoms with van der Waals surface area (Å²) < 4.78 is 21.1. The number of nitrogens with one attached hydrogen (secondary N) is 2. The standard InChI is InChI=1S/C29H38N2O8.Na.H/c1-19(2)24(30-28(34)37-17-22-12-8-6-9-13-22)26(32)36-16-21(5)39-27(33)25(20(3)4)31-29(35)38-18-23-14-10-7-11-15-23;;/h6-15,19-21,24-25H,16-18H2,1-5H3,(H,30,34)(H,31,35);;/q;+1;-1/t21?,24-,25-;;/m0../s1. The summed E-state index contributed by atoms with van der Waals surface area (Å²) in [7, 11) is 0. The first-order chi connectivity index (χ1) is 18.6. The average Bonchev–Trinajstić information content (AvgIpc) is 2.91. The van der Waals surface area contributed by atoms with E-state index in [1.54, 1.807) is 34.6 Å². The van der Waals surface area contributed by atoms with Crippen molar-refractivity contribution in [2.45, 2.75) is 66.0 Å². The molecular formula is C29H39N2NaO8. The smallest absolute Gasteiger partial charge is 1.00 e. The average molecular weight is 567 g/mol. The molecule has 0 aliphatic carbocycles. The van der Waals surface area contributed by atoms with E-state index in [-0.39, 0.29) is 62.6 Å². The number of amides is 2. The SMILES string of the molecule is CC(COC(=O)[C@@H](NC(=O)OCc1ccccc1)C(C)C)OC(=O)[C@@H](NC(=O)OCc1ccccc1)C(C)C.[H-].[Na+]. The van der Waals surface area contributed by atoms with Crippen molar-refractivity contribution in [1.29, 1.82) is 0 Å². The largest absolute Gasteiger partial charge is 1.00 e. The maximum atomic E-state index is 12.7. The molecule has 40 heavy (non-hydrogen) atoms. The van der Waals surface area contributed by atoms with Crippen LogP contribution in [0.3, 0.4) is 0 Å². The van der Waals surface area contributed by atoms with Gasteiger partial charge in [0.2, 0.25) is 0 Å². The number of hydrogen-bond acceptors (Lipinski definition) is 8. The van der Waals surface area contributed by atoms with E-state index in [4.69, 9.17) is 18.9 Å². The quantitative estimate of drug-likeness (QED) is 0.212. The maximum absolute atomic E-state index is 12.7. The normalized spacial score (nSPS) is 12.8. The molecule has 0 fully saturated rings. The Labute approximate surface area is 259 Å². The summed E-state index contributed by atoms with van der Waals surface area (Å²) in [6, 6.07) is 16.4. The van der Waals surface area contributed by atoms with E-state index in [9.17, 15) is 19.2 Å². The molecule has 2 rings (SSSR count). The van der Waals surface area contributed by atoms with E-state index in [0.717, 1.165) is 11.1 Å². The van der Waals surface area contributed by atoms with E-state index in [1.807, 2.05) is 60.7 Å². The molecule has 3 atom stereocenters. The van der Waals surface area contributed by atoms with Gasteiger partial charge in [0, 0.05) is 0 Å². The van der Waals surface area contributed by atoms with Crippen molar-refractivity contribution >= 4 is 24.1 Å². The van der Waals surface area contributed by atoms with Gasteiger partial charge in [-0.1, -0.05) is 88.4 Å². The first-order valence-electron chi connectivity index (χ1n) is 12.9. The summed E-state index contributed by atoms with van der Waals surface area (Å²) >= 11 is 0. The van der Waals surface area contributed by atoms with Crippen LogP contribution >= 0.6 is 0 Å². The zero-order chi connectivity index (χ0) is 28.8. The Kier molecular flexibility index (Phi) is 16.0. The summed E-state index contributed by atoms with van der Waals surface area (Å²) in [5.41, 5.74) is 1.62. The fraction of sp³-hybridized carbons (Fsp3) is 0.448. The monoisotopic (exact) mass is 566 g/mol. The molecule has 0 heterocycles. The van der Waals surface area contributed by atoms with E-state index < -0.39 is 42.3 Å². The van der Waals surface area contributed by atoms with Crippen LogP contribution in [0, 0.1) is 11.8 Å². The molecule has 2 N–H and O–H groups in total. The molecule has 0 aromatic heterocycles. The van der Waals surface area contributed by atoms with Crippen LogP contribution in [0.2, 0.25) is 0 Å². The number of carbonyl (C=O) groups is 4. The first kappa shape index (κ1) is 34.9. The van der Waals surface area contributed by atoms with Crippen molar-refractivity contribution < 1.29 is 69.1 Å². The summed E-state index contributed by atoms with van der Waals surface area (Å²) in [4.78, 5) is 49.8. The number of esters is 2. The van der Waals surface area contributed by atoms with Crippen molar-refractivity contribution in [2.24, 2.45) is 11.8 Å². The Morgan fingerprint density at radius 1 is 0.650 bits per heavy atom. The second kappa shape index (κ2) is 18.3. The van der Waals surface area contributed by atoms with Gasteiger partial charge in [-0.2, -0.15) is 0 Å². The second-order valence-electron chi connectivity index (χ2n) is 9.73. The summed E-state index contributed by atoms with van der Waals surface area (Å²) in [5, 5.41) is 5.05. The molecule has 0 radical (unpaired) electrons. The Bertz CT molecular complexity index is 1070. The Morgan fingerprint density at radius 2 is 1.05 bits per heavy atom. The van der Waals surface area contributed by atoms with Gasteiger partial charge in [0.15, 0.2) is 0 Å². The number of carbonyl (C=O) groups excluding carboxylic acids is 4. The Morgan fingerprint density at radius 3 is 1.45 bits per heavy atom. The molecule has 2 aromatic rings. The van der Waals surface area contributed by atoms with Crippen LogP contribution in [-0.4, -0.2) is 48.9 Å². The third-order valence-corrected chi connectivity index (χ3v) is 5.59. The number of alkyl carbamates (subject to hydrolysis) is 2. The van der Waals surface area contributed by atoms with Crippen molar-refractivity contribution in [3.8, 4) is 0 Å². The molecule has 0 spiro atoms. The van der Waals surface area contributed by atoms with Crippen molar-refractivity contribution in [3.05, 3.63) is 71.8 Å². The molecule has 2 aromatic carbocycles. The fourth-order valence-electron chi connectivity index (χ4n) is 3.37. The van der Waals surface area contributed by atoms with Crippen molar-refractivity contribution in [2.75, 3.05) is 6.61 Å². The van der Waals surface area contributed by atoms with Gasteiger partial charge in [0.05, 0.1) is 0 Å². The topological polar surface area (TPSA) is 129 Å². The molecule has 0 aliphatic rings. The van der Waals surface area contributed by atoms with E-state index in [2.05, 4.69) is 10.6 Å². The van der Waals surface area contributed by atoms with Gasteiger partial charge >= 0.3 is 53.7 Å². The molecule has 0 saturated heterocycles. The predicted molar refractivity (Wildman–Crippen MR) is 144 cm³/mol. The van der Waals surface area contributed by atoms with Gasteiger partial charge in [0.1, 0.15) is 38.0 Å². The Hall–Kier alpha value is -3.08. The van der Waals surface area contributed by atoms with E-state index in [0.29, 0.717) is 0 Å². The number of rotatable bonds is 13. The molecule has 2 amide bonds. The van der Waals surface area contributed by atoms with Crippen LogP contribution in [0.25, 0.3) is 0 Å². The van der Waals surface area contributed by atoms with E-state index >= 15 is 0 Å². The summed E-state index contributed by atoms with van der Waals surface area (Å²) in [6.07, 6.45) is -2.31. The van der Waals surface area contributed by atoms with Crippen molar-refractivity contribution in [1.82, 2.24) is 10.6 Å². The zero-order valence-electron chi connectivity index (χ0n) is 25.0. The third kappa shape index (κ3) is 12.8. The van der Waals surface area contributed by atoms with Crippen LogP contribution < -0.4 is 40.2 Å². The molecule has 0 bridgehead atoms. The van der Waals surface area contributed by atoms with Gasteiger partial charge < -0.3 is 31.0 Å². The van der Waals surface area contributed by atoms with Crippen LogP contribution in [-0.2, 0) is 41.8 Å². The minimum absolute atomic E-state index is 0. The second-order valence-corrected chi connectivity index (χ2v) is 9.73. The zero-order valence-corrected chi connectivity index (χ0v) is 26.0. The first-order valence-corrected chi connectivity index (χ1v) is 12.9. The molecular weight excluding hydrogens is 527 g/mol. The van der Waals surface area contributed by atoms with Crippen LogP contribution in [0.4, 0.5) is 9.59 Å². The third-order valence-electron chi connectivity index (χ3n) is 5.59. The van der Waals surface area contributed by atoms with Gasteiger partial charge in [-0.15, -0.1) is 0 Å². The van der Waals surface area contributed by atoms with E-state index in [1.165, 1.54) is 0 Å². The summed E-state index contributed by atoms with van der Waals surface area (Å²) in [5.74, 6) is -1.94. The number of benzene rings is 2. The number of hydrogen-bond donors (Lipinski definition) is 2. The number of ether oxygens (including phenoxy) is 4.